The Bertz CT molecular complexity index is 1340. The summed E-state index contributed by atoms with van der Waals surface area (Å²) in [6.45, 7) is 0. The first-order chi connectivity index (χ1) is 14.5. The molecular weight excluding hydrogens is 384 g/mol. The number of benzene rings is 3. The van der Waals surface area contributed by atoms with Crippen LogP contribution in [0.25, 0.3) is 22.3 Å². The van der Waals surface area contributed by atoms with Crippen LogP contribution in [0, 0.1) is 0 Å². The quantitative estimate of drug-likeness (QED) is 0.384. The van der Waals surface area contributed by atoms with Crippen LogP contribution in [0.5, 0.6) is 17.2 Å². The zero-order valence-electron chi connectivity index (χ0n) is 15.7. The number of carbonyl (C=O) groups excluding carboxylic acids is 1. The van der Waals surface area contributed by atoms with E-state index in [0.717, 1.165) is 5.56 Å². The van der Waals surface area contributed by atoms with E-state index in [2.05, 4.69) is 0 Å². The summed E-state index contributed by atoms with van der Waals surface area (Å²) in [7, 11) is 0. The highest BCUT2D eigenvalue weighted by atomic mass is 16.5. The van der Waals surface area contributed by atoms with Gasteiger partial charge in [-0.05, 0) is 29.8 Å². The fraction of sp³-hybridized carbons (Fsp3) is 0.0833. The highest BCUT2D eigenvalue weighted by molar-refractivity contribution is 5.93. The normalized spacial score (nSPS) is 15.6. The van der Waals surface area contributed by atoms with Gasteiger partial charge in [-0.2, -0.15) is 0 Å². The first kappa shape index (κ1) is 18.0. The minimum atomic E-state index is -0.424. The lowest BCUT2D eigenvalue weighted by molar-refractivity contribution is -0.135. The monoisotopic (exact) mass is 400 g/mol. The molecular formula is C24H16O6. The van der Waals surface area contributed by atoms with Crippen molar-refractivity contribution in [2.75, 3.05) is 0 Å². The van der Waals surface area contributed by atoms with E-state index in [1.54, 1.807) is 12.1 Å². The Morgan fingerprint density at radius 2 is 1.63 bits per heavy atom. The number of phenolic OH excluding ortho intramolecular Hbond substituents is 2. The van der Waals surface area contributed by atoms with Crippen LogP contribution in [-0.4, -0.2) is 16.2 Å². The SMILES string of the molecule is O=C1C[C@@H](c2ccccc2)c2c(cc(O)c3c(=O)cc(-c4ccc(O)cc4)oc23)O1. The predicted octanol–water partition coefficient (Wildman–Crippen LogP) is 4.31. The second kappa shape index (κ2) is 6.77. The topological polar surface area (TPSA) is 97.0 Å². The summed E-state index contributed by atoms with van der Waals surface area (Å²) in [6.07, 6.45) is 0.0873. The number of ether oxygens (including phenoxy) is 1. The number of phenols is 2. The van der Waals surface area contributed by atoms with E-state index < -0.39 is 11.4 Å². The summed E-state index contributed by atoms with van der Waals surface area (Å²) in [6, 6.07) is 18.2. The number of rotatable bonds is 2. The maximum atomic E-state index is 12.9. The number of aromatic hydroxyl groups is 2. The zero-order valence-corrected chi connectivity index (χ0v) is 15.7. The highest BCUT2D eigenvalue weighted by Crippen LogP contribution is 2.45. The second-order valence-corrected chi connectivity index (χ2v) is 7.17. The summed E-state index contributed by atoms with van der Waals surface area (Å²) in [4.78, 5) is 25.1. The number of hydrogen-bond acceptors (Lipinski definition) is 6. The van der Waals surface area contributed by atoms with E-state index in [1.165, 1.54) is 24.3 Å². The molecule has 0 bridgehead atoms. The Morgan fingerprint density at radius 1 is 0.900 bits per heavy atom. The van der Waals surface area contributed by atoms with Crippen molar-refractivity contribution in [2.24, 2.45) is 0 Å². The molecule has 0 aliphatic carbocycles. The first-order valence-electron chi connectivity index (χ1n) is 9.40. The average molecular weight is 400 g/mol. The van der Waals surface area contributed by atoms with E-state index in [-0.39, 0.29) is 46.3 Å². The third kappa shape index (κ3) is 2.90. The number of fused-ring (bicyclic) bond motifs is 3. The molecule has 2 N–H and O–H groups in total. The number of hydrogen-bond donors (Lipinski definition) is 2. The molecule has 148 valence electrons. The molecule has 0 saturated heterocycles. The summed E-state index contributed by atoms with van der Waals surface area (Å²) in [5.74, 6) is -0.569. The van der Waals surface area contributed by atoms with Crippen molar-refractivity contribution in [1.82, 2.24) is 0 Å². The van der Waals surface area contributed by atoms with Gasteiger partial charge in [0, 0.05) is 29.2 Å². The van der Waals surface area contributed by atoms with Crippen molar-refractivity contribution < 1.29 is 24.2 Å². The lowest BCUT2D eigenvalue weighted by Crippen LogP contribution is -2.22. The maximum Gasteiger partial charge on any atom is 0.312 e. The van der Waals surface area contributed by atoms with Crippen molar-refractivity contribution in [1.29, 1.82) is 0 Å². The van der Waals surface area contributed by atoms with Gasteiger partial charge in [-0.3, -0.25) is 9.59 Å². The molecule has 0 unspecified atom stereocenters. The standard InChI is InChI=1S/C24H16O6/c25-15-8-6-14(7-9-15)19-11-17(26)23-18(27)12-20-22(24(23)30-19)16(10-21(28)29-20)13-4-2-1-3-5-13/h1-9,11-12,16,25,27H,10H2/t16-/m0/s1. The van der Waals surface area contributed by atoms with Gasteiger partial charge in [-0.25, -0.2) is 0 Å². The Labute approximate surface area is 170 Å². The lowest BCUT2D eigenvalue weighted by Gasteiger charge is -2.26. The summed E-state index contributed by atoms with van der Waals surface area (Å²) >= 11 is 0. The molecule has 5 rings (SSSR count). The van der Waals surface area contributed by atoms with Gasteiger partial charge in [0.2, 0.25) is 0 Å². The molecule has 1 aliphatic heterocycles. The summed E-state index contributed by atoms with van der Waals surface area (Å²) in [5.41, 5.74) is 1.78. The molecule has 1 aromatic heterocycles. The van der Waals surface area contributed by atoms with Crippen molar-refractivity contribution in [3.8, 4) is 28.6 Å². The Kier molecular flexibility index (Phi) is 4.06. The van der Waals surface area contributed by atoms with Crippen LogP contribution < -0.4 is 10.2 Å². The van der Waals surface area contributed by atoms with Crippen LogP contribution in [-0.2, 0) is 4.79 Å². The van der Waals surface area contributed by atoms with Crippen molar-refractivity contribution in [3.63, 3.8) is 0 Å². The predicted molar refractivity (Wildman–Crippen MR) is 110 cm³/mol. The third-order valence-corrected chi connectivity index (χ3v) is 5.28. The molecule has 0 amide bonds. The van der Waals surface area contributed by atoms with Crippen LogP contribution in [0.1, 0.15) is 23.5 Å². The molecule has 2 heterocycles. The van der Waals surface area contributed by atoms with Gasteiger partial charge >= 0.3 is 5.97 Å². The van der Waals surface area contributed by atoms with Crippen molar-refractivity contribution in [2.45, 2.75) is 12.3 Å². The van der Waals surface area contributed by atoms with Gasteiger partial charge in [0.15, 0.2) is 5.43 Å². The molecule has 1 aliphatic rings. The molecule has 0 spiro atoms. The van der Waals surface area contributed by atoms with Gasteiger partial charge < -0.3 is 19.4 Å². The van der Waals surface area contributed by atoms with Crippen LogP contribution in [0.3, 0.4) is 0 Å². The maximum absolute atomic E-state index is 12.9. The van der Waals surface area contributed by atoms with Gasteiger partial charge in [-0.15, -0.1) is 0 Å². The average Bonchev–Trinajstić information content (AvgIpc) is 2.73. The summed E-state index contributed by atoms with van der Waals surface area (Å²) < 4.78 is 11.5. The van der Waals surface area contributed by atoms with Crippen LogP contribution in [0.2, 0.25) is 0 Å². The van der Waals surface area contributed by atoms with Crippen LogP contribution in [0.15, 0.2) is 75.9 Å². The molecule has 4 aromatic rings. The molecule has 0 radical (unpaired) electrons. The molecule has 3 aromatic carbocycles. The van der Waals surface area contributed by atoms with Gasteiger partial charge in [0.25, 0.3) is 0 Å². The number of esters is 1. The smallest absolute Gasteiger partial charge is 0.312 e. The number of carbonyl (C=O) groups is 1. The Balaban J connectivity index is 1.83. The molecule has 0 fully saturated rings. The Morgan fingerprint density at radius 3 is 2.37 bits per heavy atom. The zero-order chi connectivity index (χ0) is 20.8. The molecule has 0 saturated carbocycles. The van der Waals surface area contributed by atoms with Crippen molar-refractivity contribution >= 4 is 16.9 Å². The fourth-order valence-corrected chi connectivity index (χ4v) is 3.90. The fourth-order valence-electron chi connectivity index (χ4n) is 3.90. The van der Waals surface area contributed by atoms with Crippen LogP contribution >= 0.6 is 0 Å². The van der Waals surface area contributed by atoms with E-state index >= 15 is 0 Å². The van der Waals surface area contributed by atoms with Gasteiger partial charge in [-0.1, -0.05) is 30.3 Å². The van der Waals surface area contributed by atoms with E-state index in [1.807, 2.05) is 30.3 Å². The highest BCUT2D eigenvalue weighted by Gasteiger charge is 2.33. The minimum Gasteiger partial charge on any atom is -0.508 e. The summed E-state index contributed by atoms with van der Waals surface area (Å²) in [5, 5.41) is 20.0. The van der Waals surface area contributed by atoms with E-state index in [4.69, 9.17) is 9.15 Å². The van der Waals surface area contributed by atoms with E-state index in [0.29, 0.717) is 11.1 Å². The molecule has 30 heavy (non-hydrogen) atoms. The third-order valence-electron chi connectivity index (χ3n) is 5.28. The first-order valence-corrected chi connectivity index (χ1v) is 9.40. The van der Waals surface area contributed by atoms with Gasteiger partial charge in [0.1, 0.15) is 34.0 Å². The van der Waals surface area contributed by atoms with Crippen molar-refractivity contribution in [3.05, 3.63) is 88.1 Å². The largest absolute Gasteiger partial charge is 0.508 e. The molecule has 1 atom stereocenters. The Hall–Kier alpha value is -4.06. The minimum absolute atomic E-state index is 0.0372. The lowest BCUT2D eigenvalue weighted by atomic mass is 9.85. The van der Waals surface area contributed by atoms with Crippen LogP contribution in [0.4, 0.5) is 0 Å². The second-order valence-electron chi connectivity index (χ2n) is 7.17. The van der Waals surface area contributed by atoms with E-state index in [9.17, 15) is 19.8 Å². The molecule has 6 nitrogen and oxygen atoms in total. The van der Waals surface area contributed by atoms with Gasteiger partial charge in [0.05, 0.1) is 6.42 Å². The molecule has 6 heteroatoms.